The van der Waals surface area contributed by atoms with E-state index in [1.807, 2.05) is 0 Å². The molecule has 3 nitrogen and oxygen atoms in total. The number of fused-ring (bicyclic) bond motifs is 1. The lowest BCUT2D eigenvalue weighted by Gasteiger charge is -2.19. The monoisotopic (exact) mass is 404 g/mol. The van der Waals surface area contributed by atoms with Crippen molar-refractivity contribution in [2.24, 2.45) is 5.92 Å². The lowest BCUT2D eigenvalue weighted by Crippen LogP contribution is -2.21. The average molecular weight is 405 g/mol. The van der Waals surface area contributed by atoms with Crippen LogP contribution in [0.3, 0.4) is 0 Å². The van der Waals surface area contributed by atoms with Crippen LogP contribution in [0.5, 0.6) is 0 Å². The number of aromatic nitrogens is 2. The smallest absolute Gasteiger partial charge is 0.124 e. The molecular formula is C15H18ClIN2O. The SMILES string of the molecule is CCC1OCCC1Cn1c(CCl)nc2cc(I)ccc21. The van der Waals surface area contributed by atoms with Crippen molar-refractivity contribution >= 4 is 45.2 Å². The second-order valence-electron chi connectivity index (χ2n) is 5.27. The summed E-state index contributed by atoms with van der Waals surface area (Å²) in [4.78, 5) is 4.67. The van der Waals surface area contributed by atoms with Crippen LogP contribution in [0.4, 0.5) is 0 Å². The highest BCUT2D eigenvalue weighted by Gasteiger charge is 2.28. The molecule has 0 amide bonds. The van der Waals surface area contributed by atoms with Crippen LogP contribution in [0, 0.1) is 9.49 Å². The fourth-order valence-corrected chi connectivity index (χ4v) is 3.72. The molecule has 108 valence electrons. The molecule has 1 aliphatic heterocycles. The zero-order chi connectivity index (χ0) is 14.1. The molecule has 0 radical (unpaired) electrons. The average Bonchev–Trinajstić information content (AvgIpc) is 3.03. The van der Waals surface area contributed by atoms with E-state index in [-0.39, 0.29) is 0 Å². The normalized spacial score (nSPS) is 22.8. The Balaban J connectivity index is 1.97. The molecule has 3 rings (SSSR count). The molecule has 0 aliphatic carbocycles. The number of imidazole rings is 1. The van der Waals surface area contributed by atoms with E-state index in [1.54, 1.807) is 0 Å². The summed E-state index contributed by atoms with van der Waals surface area (Å²) in [5.41, 5.74) is 2.22. The number of halogens is 2. The van der Waals surface area contributed by atoms with Crippen molar-refractivity contribution in [3.05, 3.63) is 27.6 Å². The minimum atomic E-state index is 0.375. The number of hydrogen-bond acceptors (Lipinski definition) is 2. The number of hydrogen-bond donors (Lipinski definition) is 0. The van der Waals surface area contributed by atoms with E-state index < -0.39 is 0 Å². The molecule has 1 saturated heterocycles. The summed E-state index contributed by atoms with van der Waals surface area (Å²) in [5.74, 6) is 1.99. The van der Waals surface area contributed by atoms with Crippen molar-refractivity contribution in [3.63, 3.8) is 0 Å². The Morgan fingerprint density at radius 2 is 2.35 bits per heavy atom. The number of nitrogens with zero attached hydrogens (tertiary/aromatic N) is 2. The third-order valence-electron chi connectivity index (χ3n) is 4.07. The maximum Gasteiger partial charge on any atom is 0.124 e. The van der Waals surface area contributed by atoms with Crippen LogP contribution in [0.25, 0.3) is 11.0 Å². The first kappa shape index (κ1) is 14.6. The first-order chi connectivity index (χ1) is 9.72. The summed E-state index contributed by atoms with van der Waals surface area (Å²) in [6.45, 7) is 4.03. The lowest BCUT2D eigenvalue weighted by molar-refractivity contribution is 0.0836. The van der Waals surface area contributed by atoms with Crippen LogP contribution in [0.1, 0.15) is 25.6 Å². The first-order valence-electron chi connectivity index (χ1n) is 7.05. The molecule has 1 aliphatic rings. The standard InChI is InChI=1S/C15H18ClIN2O/c1-2-14-10(5-6-20-14)9-19-13-4-3-11(17)7-12(13)18-15(19)8-16/h3-4,7,10,14H,2,5-6,8-9H2,1H3. The number of rotatable bonds is 4. The fraction of sp³-hybridized carbons (Fsp3) is 0.533. The predicted octanol–water partition coefficient (Wildman–Crippen LogP) is 4.19. The molecule has 2 aromatic rings. The second-order valence-corrected chi connectivity index (χ2v) is 6.78. The van der Waals surface area contributed by atoms with Gasteiger partial charge in [0.25, 0.3) is 0 Å². The molecule has 2 atom stereocenters. The van der Waals surface area contributed by atoms with Crippen LogP contribution in [-0.4, -0.2) is 22.3 Å². The molecule has 0 bridgehead atoms. The summed E-state index contributed by atoms with van der Waals surface area (Å²) >= 11 is 8.40. The van der Waals surface area contributed by atoms with Gasteiger partial charge in [-0.05, 0) is 53.6 Å². The summed E-state index contributed by atoms with van der Waals surface area (Å²) in [6, 6.07) is 6.39. The van der Waals surface area contributed by atoms with E-state index in [0.717, 1.165) is 37.3 Å². The fourth-order valence-electron chi connectivity index (χ4n) is 3.05. The maximum absolute atomic E-state index is 6.08. The zero-order valence-corrected chi connectivity index (χ0v) is 14.4. The molecule has 5 heteroatoms. The molecule has 0 spiro atoms. The molecule has 2 heterocycles. The highest BCUT2D eigenvalue weighted by atomic mass is 127. The van der Waals surface area contributed by atoms with Crippen molar-refractivity contribution in [2.75, 3.05) is 6.61 Å². The van der Waals surface area contributed by atoms with Gasteiger partial charge in [0.1, 0.15) is 5.82 Å². The minimum absolute atomic E-state index is 0.375. The van der Waals surface area contributed by atoms with E-state index in [0.29, 0.717) is 17.9 Å². The Labute approximate surface area is 137 Å². The Morgan fingerprint density at radius 3 is 3.10 bits per heavy atom. The number of alkyl halides is 1. The highest BCUT2D eigenvalue weighted by Crippen LogP contribution is 2.28. The van der Waals surface area contributed by atoms with Gasteiger partial charge in [-0.15, -0.1) is 11.6 Å². The topological polar surface area (TPSA) is 27.1 Å². The van der Waals surface area contributed by atoms with Gasteiger partial charge in [-0.3, -0.25) is 0 Å². The van der Waals surface area contributed by atoms with Crippen LogP contribution < -0.4 is 0 Å². The van der Waals surface area contributed by atoms with Crippen molar-refractivity contribution < 1.29 is 4.74 Å². The molecule has 2 unspecified atom stereocenters. The largest absolute Gasteiger partial charge is 0.378 e. The Kier molecular flexibility index (Phi) is 4.52. The minimum Gasteiger partial charge on any atom is -0.378 e. The van der Waals surface area contributed by atoms with Gasteiger partial charge in [-0.1, -0.05) is 6.92 Å². The molecule has 1 aromatic carbocycles. The van der Waals surface area contributed by atoms with Gasteiger partial charge in [0.15, 0.2) is 0 Å². The van der Waals surface area contributed by atoms with E-state index in [4.69, 9.17) is 16.3 Å². The van der Waals surface area contributed by atoms with Crippen molar-refractivity contribution in [3.8, 4) is 0 Å². The van der Waals surface area contributed by atoms with Gasteiger partial charge < -0.3 is 9.30 Å². The summed E-state index contributed by atoms with van der Waals surface area (Å²) in [7, 11) is 0. The molecular weight excluding hydrogens is 387 g/mol. The summed E-state index contributed by atoms with van der Waals surface area (Å²) < 4.78 is 9.28. The molecule has 1 fully saturated rings. The van der Waals surface area contributed by atoms with Crippen molar-refractivity contribution in [1.82, 2.24) is 9.55 Å². The molecule has 20 heavy (non-hydrogen) atoms. The predicted molar refractivity (Wildman–Crippen MR) is 90.1 cm³/mol. The molecule has 0 N–H and O–H groups in total. The van der Waals surface area contributed by atoms with Gasteiger partial charge in [0, 0.05) is 22.6 Å². The van der Waals surface area contributed by atoms with Gasteiger partial charge in [0.05, 0.1) is 23.0 Å². The lowest BCUT2D eigenvalue weighted by atomic mass is 9.99. The van der Waals surface area contributed by atoms with Gasteiger partial charge in [0.2, 0.25) is 0 Å². The van der Waals surface area contributed by atoms with Crippen LogP contribution in [0.15, 0.2) is 18.2 Å². The quantitative estimate of drug-likeness (QED) is 0.564. The van der Waals surface area contributed by atoms with Gasteiger partial charge in [-0.25, -0.2) is 4.98 Å². The Bertz CT molecular complexity index is 613. The third-order valence-corrected chi connectivity index (χ3v) is 4.98. The van der Waals surface area contributed by atoms with E-state index in [9.17, 15) is 0 Å². The first-order valence-corrected chi connectivity index (χ1v) is 8.66. The Morgan fingerprint density at radius 1 is 1.50 bits per heavy atom. The number of ether oxygens (including phenoxy) is 1. The van der Waals surface area contributed by atoms with Crippen LogP contribution in [-0.2, 0) is 17.2 Å². The van der Waals surface area contributed by atoms with Crippen molar-refractivity contribution in [2.45, 2.75) is 38.3 Å². The second kappa shape index (κ2) is 6.20. The molecule has 0 saturated carbocycles. The third kappa shape index (κ3) is 2.70. The van der Waals surface area contributed by atoms with Gasteiger partial charge in [-0.2, -0.15) is 0 Å². The maximum atomic E-state index is 6.08. The number of benzene rings is 1. The Hall–Kier alpha value is -0.330. The van der Waals surface area contributed by atoms with Crippen LogP contribution >= 0.6 is 34.2 Å². The summed E-state index contributed by atoms with van der Waals surface area (Å²) in [5, 5.41) is 0. The van der Waals surface area contributed by atoms with E-state index in [1.165, 1.54) is 9.09 Å². The van der Waals surface area contributed by atoms with Gasteiger partial charge >= 0.3 is 0 Å². The molecule has 1 aromatic heterocycles. The highest BCUT2D eigenvalue weighted by molar-refractivity contribution is 14.1. The van der Waals surface area contributed by atoms with E-state index >= 15 is 0 Å². The summed E-state index contributed by atoms with van der Waals surface area (Å²) in [6.07, 6.45) is 2.58. The zero-order valence-electron chi connectivity index (χ0n) is 11.5. The van der Waals surface area contributed by atoms with Crippen molar-refractivity contribution in [1.29, 1.82) is 0 Å². The van der Waals surface area contributed by atoms with E-state index in [2.05, 4.69) is 57.3 Å². The van der Waals surface area contributed by atoms with Crippen LogP contribution in [0.2, 0.25) is 0 Å².